The third kappa shape index (κ3) is 2.19. The highest BCUT2D eigenvalue weighted by atomic mass is 16.5. The van der Waals surface area contributed by atoms with Crippen molar-refractivity contribution in [1.82, 2.24) is 10.2 Å². The lowest BCUT2D eigenvalue weighted by molar-refractivity contribution is -0.141. The SMILES string of the molecule is O=C(COC1CCNC1)N1CCC1. The third-order valence-electron chi connectivity index (χ3n) is 2.67. The first-order valence-corrected chi connectivity index (χ1v) is 4.96. The molecule has 0 saturated carbocycles. The molecule has 0 radical (unpaired) electrons. The highest BCUT2D eigenvalue weighted by molar-refractivity contribution is 5.78. The summed E-state index contributed by atoms with van der Waals surface area (Å²) < 4.78 is 5.47. The molecular formula is C9H16N2O2. The Kier molecular flexibility index (Phi) is 2.80. The molecule has 0 aromatic rings. The molecule has 4 heteroatoms. The van der Waals surface area contributed by atoms with E-state index in [1.807, 2.05) is 4.90 Å². The highest BCUT2D eigenvalue weighted by Crippen LogP contribution is 2.08. The predicted octanol–water partition coefficient (Wildman–Crippen LogP) is -0.403. The van der Waals surface area contributed by atoms with E-state index in [0.29, 0.717) is 0 Å². The van der Waals surface area contributed by atoms with Crippen LogP contribution in [0.1, 0.15) is 12.8 Å². The lowest BCUT2D eigenvalue weighted by Gasteiger charge is -2.31. The Hall–Kier alpha value is -0.610. The van der Waals surface area contributed by atoms with Crippen molar-refractivity contribution in [2.75, 3.05) is 32.8 Å². The zero-order valence-electron chi connectivity index (χ0n) is 7.79. The summed E-state index contributed by atoms with van der Waals surface area (Å²) in [5, 5.41) is 3.20. The van der Waals surface area contributed by atoms with Gasteiger partial charge in [-0.2, -0.15) is 0 Å². The summed E-state index contributed by atoms with van der Waals surface area (Å²) in [5.41, 5.74) is 0. The van der Waals surface area contributed by atoms with E-state index in [2.05, 4.69) is 5.32 Å². The second-order valence-electron chi connectivity index (χ2n) is 3.66. The van der Waals surface area contributed by atoms with E-state index in [1.54, 1.807) is 0 Å². The summed E-state index contributed by atoms with van der Waals surface area (Å²) >= 11 is 0. The van der Waals surface area contributed by atoms with Gasteiger partial charge in [-0.05, 0) is 19.4 Å². The second-order valence-corrected chi connectivity index (χ2v) is 3.66. The molecule has 1 N–H and O–H groups in total. The molecule has 74 valence electrons. The maximum Gasteiger partial charge on any atom is 0.248 e. The van der Waals surface area contributed by atoms with Gasteiger partial charge >= 0.3 is 0 Å². The van der Waals surface area contributed by atoms with E-state index in [1.165, 1.54) is 0 Å². The highest BCUT2D eigenvalue weighted by Gasteiger charge is 2.22. The van der Waals surface area contributed by atoms with Gasteiger partial charge in [0.1, 0.15) is 6.61 Å². The third-order valence-corrected chi connectivity index (χ3v) is 2.67. The molecule has 4 nitrogen and oxygen atoms in total. The Morgan fingerprint density at radius 2 is 2.38 bits per heavy atom. The van der Waals surface area contributed by atoms with Gasteiger partial charge in [-0.15, -0.1) is 0 Å². The van der Waals surface area contributed by atoms with Gasteiger partial charge in [-0.3, -0.25) is 4.79 Å². The molecule has 2 saturated heterocycles. The molecule has 1 unspecified atom stereocenters. The molecule has 0 bridgehead atoms. The fourth-order valence-corrected chi connectivity index (χ4v) is 1.62. The summed E-state index contributed by atoms with van der Waals surface area (Å²) in [6, 6.07) is 0. The first-order valence-electron chi connectivity index (χ1n) is 4.96. The molecule has 2 rings (SSSR count). The van der Waals surface area contributed by atoms with Gasteiger partial charge in [0.05, 0.1) is 6.10 Å². The Morgan fingerprint density at radius 3 is 2.92 bits per heavy atom. The van der Waals surface area contributed by atoms with Crippen molar-refractivity contribution in [1.29, 1.82) is 0 Å². The Labute approximate surface area is 78.2 Å². The van der Waals surface area contributed by atoms with E-state index >= 15 is 0 Å². The molecular weight excluding hydrogens is 168 g/mol. The Morgan fingerprint density at radius 1 is 1.54 bits per heavy atom. The lowest BCUT2D eigenvalue weighted by atomic mass is 10.2. The number of amides is 1. The van der Waals surface area contributed by atoms with Crippen LogP contribution in [0.2, 0.25) is 0 Å². The number of carbonyl (C=O) groups is 1. The second kappa shape index (κ2) is 4.07. The molecule has 2 aliphatic heterocycles. The van der Waals surface area contributed by atoms with Crippen molar-refractivity contribution in [2.45, 2.75) is 18.9 Å². The largest absolute Gasteiger partial charge is 0.367 e. The van der Waals surface area contributed by atoms with E-state index < -0.39 is 0 Å². The Bertz CT molecular complexity index is 186. The molecule has 0 aliphatic carbocycles. The maximum absolute atomic E-state index is 11.4. The van der Waals surface area contributed by atoms with Crippen molar-refractivity contribution in [3.8, 4) is 0 Å². The molecule has 0 spiro atoms. The van der Waals surface area contributed by atoms with E-state index in [9.17, 15) is 4.79 Å². The average molecular weight is 184 g/mol. The van der Waals surface area contributed by atoms with Crippen LogP contribution in [0, 0.1) is 0 Å². The summed E-state index contributed by atoms with van der Waals surface area (Å²) in [4.78, 5) is 13.2. The summed E-state index contributed by atoms with van der Waals surface area (Å²) in [7, 11) is 0. The molecule has 13 heavy (non-hydrogen) atoms. The summed E-state index contributed by atoms with van der Waals surface area (Å²) in [5.74, 6) is 0.151. The van der Waals surface area contributed by atoms with Crippen LogP contribution in [0.15, 0.2) is 0 Å². The number of likely N-dealkylation sites (tertiary alicyclic amines) is 1. The zero-order chi connectivity index (χ0) is 9.10. The number of hydrogen-bond acceptors (Lipinski definition) is 3. The van der Waals surface area contributed by atoms with Gasteiger partial charge in [-0.1, -0.05) is 0 Å². The summed E-state index contributed by atoms with van der Waals surface area (Å²) in [6.07, 6.45) is 2.44. The number of nitrogens with one attached hydrogen (secondary N) is 1. The molecule has 1 amide bonds. The topological polar surface area (TPSA) is 41.6 Å². The van der Waals surface area contributed by atoms with E-state index in [-0.39, 0.29) is 18.6 Å². The maximum atomic E-state index is 11.4. The summed E-state index contributed by atoms with van der Waals surface area (Å²) in [6.45, 7) is 4.03. The van der Waals surface area contributed by atoms with Crippen LogP contribution in [0.5, 0.6) is 0 Å². The lowest BCUT2D eigenvalue weighted by Crippen LogP contribution is -2.44. The predicted molar refractivity (Wildman–Crippen MR) is 48.4 cm³/mol. The van der Waals surface area contributed by atoms with Crippen molar-refractivity contribution in [3.63, 3.8) is 0 Å². The minimum atomic E-state index is 0.151. The van der Waals surface area contributed by atoms with Crippen molar-refractivity contribution in [3.05, 3.63) is 0 Å². The van der Waals surface area contributed by atoms with Gasteiger partial charge in [0, 0.05) is 19.6 Å². The molecule has 1 atom stereocenters. The normalized spacial score (nSPS) is 27.4. The fourth-order valence-electron chi connectivity index (χ4n) is 1.62. The zero-order valence-corrected chi connectivity index (χ0v) is 7.79. The number of nitrogens with zero attached hydrogens (tertiary/aromatic N) is 1. The molecule has 0 aromatic carbocycles. The molecule has 0 aromatic heterocycles. The monoisotopic (exact) mass is 184 g/mol. The van der Waals surface area contributed by atoms with E-state index in [4.69, 9.17) is 4.74 Å². The first kappa shape index (κ1) is 8.97. The van der Waals surface area contributed by atoms with Gasteiger partial charge in [-0.25, -0.2) is 0 Å². The van der Waals surface area contributed by atoms with Crippen LogP contribution in [0.3, 0.4) is 0 Å². The van der Waals surface area contributed by atoms with Crippen LogP contribution in [0.25, 0.3) is 0 Å². The number of hydrogen-bond donors (Lipinski definition) is 1. The van der Waals surface area contributed by atoms with E-state index in [0.717, 1.165) is 39.0 Å². The number of ether oxygens (including phenoxy) is 1. The molecule has 2 fully saturated rings. The van der Waals surface area contributed by atoms with Gasteiger partial charge in [0.25, 0.3) is 0 Å². The minimum Gasteiger partial charge on any atom is -0.367 e. The fraction of sp³-hybridized carbons (Fsp3) is 0.889. The van der Waals surface area contributed by atoms with Crippen LogP contribution >= 0.6 is 0 Å². The Balaban J connectivity index is 1.63. The van der Waals surface area contributed by atoms with Crippen LogP contribution in [0.4, 0.5) is 0 Å². The standard InChI is InChI=1S/C9H16N2O2/c12-9(11-4-1-5-11)7-13-8-2-3-10-6-8/h8,10H,1-7H2. The van der Waals surface area contributed by atoms with Crippen molar-refractivity contribution < 1.29 is 9.53 Å². The quantitative estimate of drug-likeness (QED) is 0.648. The van der Waals surface area contributed by atoms with Crippen LogP contribution < -0.4 is 5.32 Å². The minimum absolute atomic E-state index is 0.151. The van der Waals surface area contributed by atoms with Gasteiger partial charge in [0.15, 0.2) is 0 Å². The van der Waals surface area contributed by atoms with Crippen molar-refractivity contribution >= 4 is 5.91 Å². The smallest absolute Gasteiger partial charge is 0.248 e. The van der Waals surface area contributed by atoms with Gasteiger partial charge < -0.3 is 15.0 Å². The number of carbonyl (C=O) groups excluding carboxylic acids is 1. The van der Waals surface area contributed by atoms with Crippen LogP contribution in [-0.2, 0) is 9.53 Å². The first-order chi connectivity index (χ1) is 6.36. The average Bonchev–Trinajstić information content (AvgIpc) is 2.49. The van der Waals surface area contributed by atoms with Crippen LogP contribution in [-0.4, -0.2) is 49.7 Å². The molecule has 2 heterocycles. The number of rotatable bonds is 3. The van der Waals surface area contributed by atoms with Gasteiger partial charge in [0.2, 0.25) is 5.91 Å². The molecule has 2 aliphatic rings. The van der Waals surface area contributed by atoms with Crippen molar-refractivity contribution in [2.24, 2.45) is 0 Å².